The molecule has 1 aliphatic heterocycles. The standard InChI is InChI=1S/C13H20N4O4/c1-4-13(12(18)19)6-5-7-16(8-13)11-10(17(20)21)14-9(2)15(11)3/h4-8H2,1-3H3,(H,18,19). The third-order valence-corrected chi connectivity index (χ3v) is 4.45. The van der Waals surface area contributed by atoms with Crippen LogP contribution in [0.25, 0.3) is 0 Å². The molecule has 8 nitrogen and oxygen atoms in total. The summed E-state index contributed by atoms with van der Waals surface area (Å²) in [5.41, 5.74) is -0.843. The van der Waals surface area contributed by atoms with E-state index in [4.69, 9.17) is 0 Å². The number of aromatic nitrogens is 2. The van der Waals surface area contributed by atoms with Crippen LogP contribution in [0.15, 0.2) is 0 Å². The lowest BCUT2D eigenvalue weighted by molar-refractivity contribution is -0.388. The monoisotopic (exact) mass is 296 g/mol. The number of aryl methyl sites for hydroxylation is 1. The summed E-state index contributed by atoms with van der Waals surface area (Å²) in [5.74, 6) is -0.0977. The van der Waals surface area contributed by atoms with E-state index in [-0.39, 0.29) is 12.4 Å². The van der Waals surface area contributed by atoms with Crippen LogP contribution < -0.4 is 4.90 Å². The van der Waals surface area contributed by atoms with Crippen LogP contribution in [-0.4, -0.2) is 38.6 Å². The molecule has 1 saturated heterocycles. The Morgan fingerprint density at radius 2 is 2.24 bits per heavy atom. The Hall–Kier alpha value is -2.12. The molecule has 1 aliphatic rings. The lowest BCUT2D eigenvalue weighted by Gasteiger charge is -2.39. The maximum absolute atomic E-state index is 11.6. The summed E-state index contributed by atoms with van der Waals surface area (Å²) >= 11 is 0. The molecule has 1 atom stereocenters. The quantitative estimate of drug-likeness (QED) is 0.670. The molecule has 0 amide bonds. The van der Waals surface area contributed by atoms with E-state index in [1.165, 1.54) is 0 Å². The van der Waals surface area contributed by atoms with Gasteiger partial charge in [0, 0.05) is 27.1 Å². The van der Waals surface area contributed by atoms with Crippen molar-refractivity contribution in [3.63, 3.8) is 0 Å². The molecule has 21 heavy (non-hydrogen) atoms. The van der Waals surface area contributed by atoms with Crippen LogP contribution in [0.4, 0.5) is 11.6 Å². The first-order valence-electron chi connectivity index (χ1n) is 6.98. The molecule has 116 valence electrons. The summed E-state index contributed by atoms with van der Waals surface area (Å²) in [6.45, 7) is 4.43. The molecule has 1 aromatic rings. The van der Waals surface area contributed by atoms with Crippen LogP contribution in [0.1, 0.15) is 32.0 Å². The van der Waals surface area contributed by atoms with Crippen molar-refractivity contribution in [2.45, 2.75) is 33.1 Å². The SMILES string of the molecule is CCC1(C(=O)O)CCCN(c2c([N+](=O)[O-])nc(C)n2C)C1. The third-order valence-electron chi connectivity index (χ3n) is 4.45. The number of carboxylic acids is 1. The molecule has 2 rings (SSSR count). The highest BCUT2D eigenvalue weighted by molar-refractivity contribution is 5.76. The zero-order chi connectivity index (χ0) is 15.8. The molecule has 0 saturated carbocycles. The first kappa shape index (κ1) is 15.3. The van der Waals surface area contributed by atoms with Crippen molar-refractivity contribution < 1.29 is 14.8 Å². The van der Waals surface area contributed by atoms with Gasteiger partial charge < -0.3 is 20.1 Å². The number of carbonyl (C=O) groups is 1. The number of hydrogen-bond acceptors (Lipinski definition) is 5. The number of nitro groups is 1. The Labute approximate surface area is 122 Å². The molecular weight excluding hydrogens is 276 g/mol. The van der Waals surface area contributed by atoms with E-state index in [9.17, 15) is 20.0 Å². The molecule has 0 spiro atoms. The van der Waals surface area contributed by atoms with Crippen molar-refractivity contribution in [3.8, 4) is 0 Å². The minimum Gasteiger partial charge on any atom is -0.481 e. The smallest absolute Gasteiger partial charge is 0.406 e. The van der Waals surface area contributed by atoms with Crippen molar-refractivity contribution >= 4 is 17.6 Å². The Kier molecular flexibility index (Phi) is 3.89. The molecule has 1 fully saturated rings. The van der Waals surface area contributed by atoms with Crippen LogP contribution >= 0.6 is 0 Å². The van der Waals surface area contributed by atoms with E-state index in [2.05, 4.69) is 4.98 Å². The molecule has 0 bridgehead atoms. The minimum atomic E-state index is -0.843. The lowest BCUT2D eigenvalue weighted by Crippen LogP contribution is -2.48. The molecule has 2 heterocycles. The Bertz CT molecular complexity index is 583. The zero-order valence-corrected chi connectivity index (χ0v) is 12.5. The summed E-state index contributed by atoms with van der Waals surface area (Å²) < 4.78 is 1.66. The second kappa shape index (κ2) is 5.34. The van der Waals surface area contributed by atoms with Gasteiger partial charge in [-0.25, -0.2) is 0 Å². The van der Waals surface area contributed by atoms with Gasteiger partial charge in [0.1, 0.15) is 0 Å². The van der Waals surface area contributed by atoms with E-state index in [1.807, 2.05) is 6.92 Å². The third kappa shape index (κ3) is 2.45. The van der Waals surface area contributed by atoms with Crippen molar-refractivity contribution in [2.24, 2.45) is 12.5 Å². The maximum Gasteiger partial charge on any atom is 0.406 e. The number of hydrogen-bond donors (Lipinski definition) is 1. The van der Waals surface area contributed by atoms with Gasteiger partial charge in [0.15, 0.2) is 0 Å². The minimum absolute atomic E-state index is 0.202. The van der Waals surface area contributed by atoms with E-state index in [0.717, 1.165) is 0 Å². The van der Waals surface area contributed by atoms with Gasteiger partial charge in [-0.15, -0.1) is 0 Å². The van der Waals surface area contributed by atoms with Gasteiger partial charge >= 0.3 is 11.8 Å². The van der Waals surface area contributed by atoms with Gasteiger partial charge in [0.05, 0.1) is 5.41 Å². The Morgan fingerprint density at radius 3 is 2.76 bits per heavy atom. The highest BCUT2D eigenvalue weighted by atomic mass is 16.6. The highest BCUT2D eigenvalue weighted by Crippen LogP contribution is 2.38. The molecule has 1 unspecified atom stereocenters. The fourth-order valence-electron chi connectivity index (χ4n) is 2.98. The van der Waals surface area contributed by atoms with Crippen molar-refractivity contribution in [1.82, 2.24) is 9.55 Å². The highest BCUT2D eigenvalue weighted by Gasteiger charge is 2.43. The number of piperidine rings is 1. The molecule has 1 N–H and O–H groups in total. The molecule has 8 heteroatoms. The number of anilines is 1. The van der Waals surface area contributed by atoms with Crippen LogP contribution in [0, 0.1) is 22.5 Å². The summed E-state index contributed by atoms with van der Waals surface area (Å²) in [5, 5.41) is 20.7. The molecule has 0 aliphatic carbocycles. The van der Waals surface area contributed by atoms with Gasteiger partial charge in [-0.1, -0.05) is 6.92 Å². The predicted molar refractivity (Wildman–Crippen MR) is 76.4 cm³/mol. The first-order valence-corrected chi connectivity index (χ1v) is 6.98. The molecule has 0 aromatic carbocycles. The lowest BCUT2D eigenvalue weighted by atomic mass is 9.77. The average Bonchev–Trinajstić information content (AvgIpc) is 2.75. The Balaban J connectivity index is 2.43. The van der Waals surface area contributed by atoms with Gasteiger partial charge in [0.2, 0.25) is 11.6 Å². The molecule has 0 radical (unpaired) electrons. The van der Waals surface area contributed by atoms with E-state index in [1.54, 1.807) is 23.4 Å². The number of nitrogens with zero attached hydrogens (tertiary/aromatic N) is 4. The number of rotatable bonds is 4. The summed E-state index contributed by atoms with van der Waals surface area (Å²) in [6, 6.07) is 0. The summed E-state index contributed by atoms with van der Waals surface area (Å²) in [6.07, 6.45) is 1.80. The van der Waals surface area contributed by atoms with Gasteiger partial charge in [-0.05, 0) is 29.2 Å². The molecule has 1 aromatic heterocycles. The maximum atomic E-state index is 11.6. The van der Waals surface area contributed by atoms with Crippen LogP contribution in [0.5, 0.6) is 0 Å². The van der Waals surface area contributed by atoms with Crippen molar-refractivity contribution in [2.75, 3.05) is 18.0 Å². The molecular formula is C13H20N4O4. The predicted octanol–water partition coefficient (Wildman–Crippen LogP) is 1.72. The van der Waals surface area contributed by atoms with Gasteiger partial charge in [0.25, 0.3) is 0 Å². The zero-order valence-electron chi connectivity index (χ0n) is 12.5. The number of carboxylic acid groups (broad SMARTS) is 1. The van der Waals surface area contributed by atoms with Crippen LogP contribution in [0.3, 0.4) is 0 Å². The summed E-state index contributed by atoms with van der Waals surface area (Å²) in [7, 11) is 1.72. The van der Waals surface area contributed by atoms with E-state index in [0.29, 0.717) is 37.4 Å². The van der Waals surface area contributed by atoms with Gasteiger partial charge in [-0.2, -0.15) is 0 Å². The Morgan fingerprint density at radius 1 is 1.57 bits per heavy atom. The number of imidazole rings is 1. The van der Waals surface area contributed by atoms with Crippen LogP contribution in [0.2, 0.25) is 0 Å². The summed E-state index contributed by atoms with van der Waals surface area (Å²) in [4.78, 5) is 28.1. The topological polar surface area (TPSA) is 102 Å². The average molecular weight is 296 g/mol. The van der Waals surface area contributed by atoms with Crippen molar-refractivity contribution in [1.29, 1.82) is 0 Å². The van der Waals surface area contributed by atoms with Crippen LogP contribution in [-0.2, 0) is 11.8 Å². The fraction of sp³-hybridized carbons (Fsp3) is 0.692. The first-order chi connectivity index (χ1) is 9.82. The van der Waals surface area contributed by atoms with E-state index >= 15 is 0 Å². The van der Waals surface area contributed by atoms with Gasteiger partial charge in [-0.3, -0.25) is 9.36 Å². The fourth-order valence-corrected chi connectivity index (χ4v) is 2.98. The second-order valence-electron chi connectivity index (χ2n) is 5.59. The largest absolute Gasteiger partial charge is 0.481 e. The second-order valence-corrected chi connectivity index (χ2v) is 5.59. The normalized spacial score (nSPS) is 22.3. The van der Waals surface area contributed by atoms with E-state index < -0.39 is 16.3 Å². The van der Waals surface area contributed by atoms with Crippen molar-refractivity contribution in [3.05, 3.63) is 15.9 Å². The number of aliphatic carboxylic acids is 1.